The molecule has 0 aromatic carbocycles. The maximum atomic E-state index is 12.7. The second-order valence-corrected chi connectivity index (χ2v) is 7.54. The van der Waals surface area contributed by atoms with E-state index in [9.17, 15) is 29.1 Å². The van der Waals surface area contributed by atoms with E-state index in [2.05, 4.69) is 20.9 Å². The van der Waals surface area contributed by atoms with E-state index in [1.54, 1.807) is 13.8 Å². The summed E-state index contributed by atoms with van der Waals surface area (Å²) in [6.45, 7) is 3.13. The average Bonchev–Trinajstić information content (AvgIpc) is 2.74. The van der Waals surface area contributed by atoms with Crippen molar-refractivity contribution < 1.29 is 34.2 Å². The second-order valence-electron chi connectivity index (χ2n) is 7.54. The molecule has 3 amide bonds. The van der Waals surface area contributed by atoms with Gasteiger partial charge in [0.05, 0.1) is 12.6 Å². The number of carbonyl (C=O) groups excluding carboxylic acids is 3. The van der Waals surface area contributed by atoms with Crippen LogP contribution in [0.25, 0.3) is 0 Å². The lowest BCUT2D eigenvalue weighted by Crippen LogP contribution is -2.55. The van der Waals surface area contributed by atoms with Crippen molar-refractivity contribution in [2.45, 2.75) is 64.1 Å². The number of hydrogen-bond acceptors (Lipinski definition) is 7. The second kappa shape index (κ2) is 15.4. The van der Waals surface area contributed by atoms with Crippen molar-refractivity contribution in [2.24, 2.45) is 28.1 Å². The number of rotatable bonds is 16. The van der Waals surface area contributed by atoms with E-state index >= 15 is 0 Å². The zero-order valence-electron chi connectivity index (χ0n) is 18.9. The molecule has 0 spiro atoms. The van der Waals surface area contributed by atoms with Crippen molar-refractivity contribution >= 4 is 35.6 Å². The Morgan fingerprint density at radius 1 is 1.00 bits per heavy atom. The van der Waals surface area contributed by atoms with E-state index in [1.807, 2.05) is 0 Å². The minimum absolute atomic E-state index is 0.104. The molecular formula is C19H35N7O7. The van der Waals surface area contributed by atoms with E-state index in [4.69, 9.17) is 22.3 Å². The van der Waals surface area contributed by atoms with Gasteiger partial charge < -0.3 is 43.4 Å². The average molecular weight is 474 g/mol. The summed E-state index contributed by atoms with van der Waals surface area (Å²) in [5.74, 6) is -4.94. The van der Waals surface area contributed by atoms with Crippen LogP contribution in [-0.4, -0.2) is 77.0 Å². The van der Waals surface area contributed by atoms with Crippen LogP contribution in [0.2, 0.25) is 0 Å². The first-order valence-corrected chi connectivity index (χ1v) is 10.5. The van der Waals surface area contributed by atoms with Gasteiger partial charge in [0.1, 0.15) is 12.1 Å². The van der Waals surface area contributed by atoms with Gasteiger partial charge in [0.25, 0.3) is 0 Å². The third-order valence-electron chi connectivity index (χ3n) is 4.80. The van der Waals surface area contributed by atoms with Crippen LogP contribution in [0.3, 0.4) is 0 Å². The fourth-order valence-corrected chi connectivity index (χ4v) is 2.66. The van der Waals surface area contributed by atoms with Gasteiger partial charge in [0.2, 0.25) is 17.7 Å². The maximum absolute atomic E-state index is 12.7. The predicted octanol–water partition coefficient (Wildman–Crippen LogP) is -2.55. The molecule has 14 heteroatoms. The maximum Gasteiger partial charge on any atom is 0.326 e. The highest BCUT2D eigenvalue weighted by atomic mass is 16.4. The molecule has 0 rings (SSSR count). The van der Waals surface area contributed by atoms with Crippen molar-refractivity contribution in [1.29, 1.82) is 0 Å². The van der Waals surface area contributed by atoms with E-state index in [0.717, 1.165) is 0 Å². The largest absolute Gasteiger partial charge is 0.481 e. The Kier molecular flexibility index (Phi) is 13.8. The summed E-state index contributed by atoms with van der Waals surface area (Å²) >= 11 is 0. The molecule has 11 N–H and O–H groups in total. The lowest BCUT2D eigenvalue weighted by molar-refractivity contribution is -0.144. The molecule has 0 aliphatic heterocycles. The van der Waals surface area contributed by atoms with Gasteiger partial charge in [0, 0.05) is 13.0 Å². The summed E-state index contributed by atoms with van der Waals surface area (Å²) in [6.07, 6.45) is 0.508. The molecule has 4 unspecified atom stereocenters. The highest BCUT2D eigenvalue weighted by Gasteiger charge is 2.29. The number of aliphatic carboxylic acids is 2. The van der Waals surface area contributed by atoms with Crippen LogP contribution in [0.1, 0.15) is 46.0 Å². The summed E-state index contributed by atoms with van der Waals surface area (Å²) in [7, 11) is 0. The molecule has 0 bridgehead atoms. The molecule has 0 aromatic heterocycles. The first-order valence-electron chi connectivity index (χ1n) is 10.5. The molecule has 0 aromatic rings. The SMILES string of the molecule is CCC(C)C(NC(=O)C(CCCN=C(N)N)NC(=O)CNC(=O)C(N)CCC(=O)O)C(=O)O. The van der Waals surface area contributed by atoms with Gasteiger partial charge in [-0.05, 0) is 25.2 Å². The Hall–Kier alpha value is -3.42. The van der Waals surface area contributed by atoms with Crippen molar-refractivity contribution in [3.05, 3.63) is 0 Å². The zero-order valence-corrected chi connectivity index (χ0v) is 18.9. The minimum Gasteiger partial charge on any atom is -0.481 e. The Morgan fingerprint density at radius 3 is 2.15 bits per heavy atom. The van der Waals surface area contributed by atoms with Crippen LogP contribution in [0.4, 0.5) is 0 Å². The predicted molar refractivity (Wildman–Crippen MR) is 119 cm³/mol. The Bertz CT molecular complexity index is 725. The summed E-state index contributed by atoms with van der Waals surface area (Å²) < 4.78 is 0. The molecule has 4 atom stereocenters. The van der Waals surface area contributed by atoms with Crippen LogP contribution in [0.5, 0.6) is 0 Å². The lowest BCUT2D eigenvalue weighted by Gasteiger charge is -2.24. The Balaban J connectivity index is 5.06. The number of carboxylic acid groups (broad SMARTS) is 2. The number of nitrogens with zero attached hydrogens (tertiary/aromatic N) is 1. The van der Waals surface area contributed by atoms with Gasteiger partial charge in [-0.1, -0.05) is 20.3 Å². The number of guanidine groups is 1. The van der Waals surface area contributed by atoms with Crippen LogP contribution in [-0.2, 0) is 24.0 Å². The smallest absolute Gasteiger partial charge is 0.326 e. The van der Waals surface area contributed by atoms with E-state index in [0.29, 0.717) is 12.8 Å². The van der Waals surface area contributed by atoms with Gasteiger partial charge in [0.15, 0.2) is 5.96 Å². The molecule has 188 valence electrons. The van der Waals surface area contributed by atoms with Gasteiger partial charge in [-0.3, -0.25) is 24.2 Å². The molecule has 14 nitrogen and oxygen atoms in total. The number of nitrogens with one attached hydrogen (secondary N) is 3. The summed E-state index contributed by atoms with van der Waals surface area (Å²) in [5, 5.41) is 25.2. The molecule has 0 saturated heterocycles. The van der Waals surface area contributed by atoms with Crippen LogP contribution >= 0.6 is 0 Å². The number of carboxylic acids is 2. The molecule has 0 radical (unpaired) electrons. The molecule has 0 heterocycles. The van der Waals surface area contributed by atoms with Gasteiger partial charge >= 0.3 is 11.9 Å². The molecule has 33 heavy (non-hydrogen) atoms. The zero-order chi connectivity index (χ0) is 25.6. The van der Waals surface area contributed by atoms with Crippen molar-refractivity contribution in [2.75, 3.05) is 13.1 Å². The van der Waals surface area contributed by atoms with Crippen molar-refractivity contribution in [3.63, 3.8) is 0 Å². The molecular weight excluding hydrogens is 438 g/mol. The summed E-state index contributed by atoms with van der Waals surface area (Å²) in [6, 6.07) is -3.36. The van der Waals surface area contributed by atoms with Gasteiger partial charge in [-0.15, -0.1) is 0 Å². The highest BCUT2D eigenvalue weighted by molar-refractivity contribution is 5.92. The number of nitrogens with two attached hydrogens (primary N) is 3. The van der Waals surface area contributed by atoms with E-state index in [1.165, 1.54) is 0 Å². The standard InChI is InChI=1S/C19H35N7O7/c1-3-10(2)15(18(32)33)26-17(31)12(5-4-8-23-19(21)22)25-13(27)9-24-16(30)11(20)6-7-14(28)29/h10-12,15H,3-9,20H2,1-2H3,(H,24,30)(H,25,27)(H,26,31)(H,28,29)(H,32,33)(H4,21,22,23). The van der Waals surface area contributed by atoms with Crippen LogP contribution < -0.4 is 33.2 Å². The summed E-state index contributed by atoms with van der Waals surface area (Å²) in [4.78, 5) is 62.7. The number of aliphatic imine (C=N–C) groups is 1. The first-order chi connectivity index (χ1) is 15.4. The number of carbonyl (C=O) groups is 5. The third kappa shape index (κ3) is 12.9. The normalized spacial score (nSPS) is 14.2. The molecule has 0 fully saturated rings. The fraction of sp³-hybridized carbons (Fsp3) is 0.684. The monoisotopic (exact) mass is 473 g/mol. The van der Waals surface area contributed by atoms with Gasteiger partial charge in [-0.2, -0.15) is 0 Å². The van der Waals surface area contributed by atoms with Crippen molar-refractivity contribution in [1.82, 2.24) is 16.0 Å². The fourth-order valence-electron chi connectivity index (χ4n) is 2.66. The minimum atomic E-state index is -1.20. The third-order valence-corrected chi connectivity index (χ3v) is 4.80. The van der Waals surface area contributed by atoms with Crippen LogP contribution in [0, 0.1) is 5.92 Å². The lowest BCUT2D eigenvalue weighted by atomic mass is 9.98. The molecule has 0 aliphatic rings. The summed E-state index contributed by atoms with van der Waals surface area (Å²) in [5.41, 5.74) is 16.1. The Labute approximate surface area is 191 Å². The quantitative estimate of drug-likeness (QED) is 0.0661. The highest BCUT2D eigenvalue weighted by Crippen LogP contribution is 2.09. The number of amides is 3. The van der Waals surface area contributed by atoms with Crippen molar-refractivity contribution in [3.8, 4) is 0 Å². The van der Waals surface area contributed by atoms with Crippen LogP contribution in [0.15, 0.2) is 4.99 Å². The van der Waals surface area contributed by atoms with Gasteiger partial charge in [-0.25, -0.2) is 4.79 Å². The molecule has 0 saturated carbocycles. The Morgan fingerprint density at radius 2 is 1.64 bits per heavy atom. The van der Waals surface area contributed by atoms with E-state index < -0.39 is 54.3 Å². The number of hydrogen-bond donors (Lipinski definition) is 8. The van der Waals surface area contributed by atoms with E-state index in [-0.39, 0.29) is 37.7 Å². The molecule has 0 aliphatic carbocycles. The first kappa shape index (κ1) is 29.6. The topological polar surface area (TPSA) is 252 Å².